The van der Waals surface area contributed by atoms with Crippen LogP contribution in [0.3, 0.4) is 0 Å². The van der Waals surface area contributed by atoms with Gasteiger partial charge in [0, 0.05) is 28.0 Å². The maximum absolute atomic E-state index is 5.77. The van der Waals surface area contributed by atoms with Crippen LogP contribution in [-0.4, -0.2) is 26.9 Å². The predicted molar refractivity (Wildman–Crippen MR) is 81.3 cm³/mol. The molecular weight excluding hydrogens is 278 g/mol. The molecule has 2 unspecified atom stereocenters. The van der Waals surface area contributed by atoms with Crippen molar-refractivity contribution in [3.05, 3.63) is 30.1 Å². The predicted octanol–water partition coefficient (Wildman–Crippen LogP) is 3.23. The molecule has 2 atom stereocenters. The van der Waals surface area contributed by atoms with E-state index in [1.807, 2.05) is 47.8 Å². The second kappa shape index (κ2) is 5.46. The Hall–Kier alpha value is -1.14. The number of nitrogens with zero attached hydrogens (tertiary/aromatic N) is 2. The van der Waals surface area contributed by atoms with Crippen LogP contribution >= 0.6 is 23.5 Å². The van der Waals surface area contributed by atoms with Crippen molar-refractivity contribution < 1.29 is 4.52 Å². The molecule has 2 heterocycles. The number of benzene rings is 1. The quantitative estimate of drug-likeness (QED) is 0.858. The Balaban J connectivity index is 1.86. The average molecular weight is 293 g/mol. The molecule has 0 amide bonds. The third kappa shape index (κ3) is 2.74. The lowest BCUT2D eigenvalue weighted by Crippen LogP contribution is -2.16. The highest BCUT2D eigenvalue weighted by Gasteiger charge is 2.28. The van der Waals surface area contributed by atoms with E-state index < -0.39 is 0 Å². The first-order valence-corrected chi connectivity index (χ1v) is 8.26. The lowest BCUT2D eigenvalue weighted by Gasteiger charge is -2.24. The summed E-state index contributed by atoms with van der Waals surface area (Å²) >= 11 is 3.87. The van der Waals surface area contributed by atoms with Crippen LogP contribution in [0.2, 0.25) is 0 Å². The zero-order valence-corrected chi connectivity index (χ0v) is 12.2. The lowest BCUT2D eigenvalue weighted by atomic mass is 10.2. The number of thioether (sulfide) groups is 2. The molecule has 0 radical (unpaired) electrons. The van der Waals surface area contributed by atoms with Crippen molar-refractivity contribution in [2.45, 2.75) is 17.4 Å². The molecule has 0 aliphatic carbocycles. The maximum Gasteiger partial charge on any atom is 0.258 e. The van der Waals surface area contributed by atoms with E-state index in [1.54, 1.807) is 0 Å². The van der Waals surface area contributed by atoms with Gasteiger partial charge in [-0.1, -0.05) is 18.1 Å². The zero-order valence-electron chi connectivity index (χ0n) is 10.6. The number of hydrogen-bond acceptors (Lipinski definition) is 6. The summed E-state index contributed by atoms with van der Waals surface area (Å²) in [6.07, 6.45) is 0. The van der Waals surface area contributed by atoms with Crippen LogP contribution in [0, 0.1) is 0 Å². The molecule has 19 heavy (non-hydrogen) atoms. The molecule has 100 valence electrons. The van der Waals surface area contributed by atoms with E-state index in [2.05, 4.69) is 17.1 Å². The molecule has 2 N–H and O–H groups in total. The second-order valence-electron chi connectivity index (χ2n) is 4.45. The fourth-order valence-corrected chi connectivity index (χ4v) is 4.74. The van der Waals surface area contributed by atoms with Crippen molar-refractivity contribution in [1.29, 1.82) is 0 Å². The number of anilines is 1. The van der Waals surface area contributed by atoms with Gasteiger partial charge in [-0.3, -0.25) is 0 Å². The largest absolute Gasteiger partial charge is 0.399 e. The van der Waals surface area contributed by atoms with Crippen LogP contribution in [-0.2, 0) is 0 Å². The molecule has 4 nitrogen and oxygen atoms in total. The van der Waals surface area contributed by atoms with Crippen molar-refractivity contribution in [2.24, 2.45) is 0 Å². The van der Waals surface area contributed by atoms with Gasteiger partial charge >= 0.3 is 0 Å². The van der Waals surface area contributed by atoms with Crippen LogP contribution in [0.5, 0.6) is 0 Å². The summed E-state index contributed by atoms with van der Waals surface area (Å²) < 4.78 is 5.37. The van der Waals surface area contributed by atoms with Gasteiger partial charge in [-0.2, -0.15) is 16.7 Å². The van der Waals surface area contributed by atoms with E-state index in [0.29, 0.717) is 22.1 Å². The minimum Gasteiger partial charge on any atom is -0.399 e. The Bertz CT molecular complexity index is 573. The molecule has 1 aromatic heterocycles. The Morgan fingerprint density at radius 3 is 2.95 bits per heavy atom. The molecule has 3 rings (SSSR count). The van der Waals surface area contributed by atoms with Crippen LogP contribution in [0.25, 0.3) is 11.5 Å². The van der Waals surface area contributed by atoms with E-state index in [0.717, 1.165) is 17.1 Å². The van der Waals surface area contributed by atoms with Crippen LogP contribution in [0.15, 0.2) is 28.8 Å². The Kier molecular flexibility index (Phi) is 3.70. The first kappa shape index (κ1) is 12.9. The van der Waals surface area contributed by atoms with Gasteiger partial charge in [-0.25, -0.2) is 0 Å². The third-order valence-electron chi connectivity index (χ3n) is 3.02. The topological polar surface area (TPSA) is 64.9 Å². The van der Waals surface area contributed by atoms with E-state index in [4.69, 9.17) is 10.3 Å². The first-order valence-electron chi connectivity index (χ1n) is 6.17. The van der Waals surface area contributed by atoms with Gasteiger partial charge in [0.2, 0.25) is 0 Å². The van der Waals surface area contributed by atoms with Gasteiger partial charge in [0.15, 0.2) is 5.82 Å². The van der Waals surface area contributed by atoms with E-state index in [9.17, 15) is 0 Å². The molecule has 1 saturated heterocycles. The zero-order chi connectivity index (χ0) is 13.2. The summed E-state index contributed by atoms with van der Waals surface area (Å²) in [4.78, 5) is 4.53. The Morgan fingerprint density at radius 1 is 1.32 bits per heavy atom. The maximum atomic E-state index is 5.77. The third-order valence-corrected chi connectivity index (χ3v) is 6.10. The van der Waals surface area contributed by atoms with Gasteiger partial charge in [-0.15, -0.1) is 11.8 Å². The minimum absolute atomic E-state index is 0.317. The lowest BCUT2D eigenvalue weighted by molar-refractivity contribution is 0.422. The second-order valence-corrected chi connectivity index (χ2v) is 7.19. The fraction of sp³-hybridized carbons (Fsp3) is 0.385. The molecule has 0 bridgehead atoms. The van der Waals surface area contributed by atoms with Crippen molar-refractivity contribution in [1.82, 2.24) is 10.1 Å². The van der Waals surface area contributed by atoms with Gasteiger partial charge in [0.25, 0.3) is 5.89 Å². The van der Waals surface area contributed by atoms with Crippen molar-refractivity contribution >= 4 is 29.2 Å². The molecule has 0 saturated carbocycles. The van der Waals surface area contributed by atoms with Crippen molar-refractivity contribution in [3.63, 3.8) is 0 Å². The molecule has 1 aliphatic heterocycles. The standard InChI is InChI=1S/C13H15N3OS2/c1-8-11(19-6-5-18-8)12-15-13(17-16-12)9-3-2-4-10(14)7-9/h2-4,7-8,11H,5-6,14H2,1H3. The average Bonchev–Trinajstić information content (AvgIpc) is 2.89. The normalized spacial score (nSPS) is 23.4. The van der Waals surface area contributed by atoms with E-state index >= 15 is 0 Å². The van der Waals surface area contributed by atoms with Gasteiger partial charge in [0.1, 0.15) is 0 Å². The molecule has 1 aliphatic rings. The molecule has 6 heteroatoms. The molecular formula is C13H15N3OS2. The summed E-state index contributed by atoms with van der Waals surface area (Å²) in [5.74, 6) is 3.68. The fourth-order valence-electron chi connectivity index (χ4n) is 2.06. The molecule has 2 aromatic rings. The number of aromatic nitrogens is 2. The SMILES string of the molecule is CC1SCCSC1c1noc(-c2cccc(N)c2)n1. The number of hydrogen-bond donors (Lipinski definition) is 1. The van der Waals surface area contributed by atoms with Crippen molar-refractivity contribution in [2.75, 3.05) is 17.2 Å². The van der Waals surface area contributed by atoms with Gasteiger partial charge < -0.3 is 10.3 Å². The highest BCUT2D eigenvalue weighted by atomic mass is 32.2. The first-order chi connectivity index (χ1) is 9.24. The molecule has 1 aromatic carbocycles. The summed E-state index contributed by atoms with van der Waals surface area (Å²) in [6, 6.07) is 7.52. The molecule has 0 spiro atoms. The summed E-state index contributed by atoms with van der Waals surface area (Å²) in [5.41, 5.74) is 7.35. The van der Waals surface area contributed by atoms with Gasteiger partial charge in [-0.05, 0) is 18.2 Å². The van der Waals surface area contributed by atoms with Crippen LogP contribution in [0.4, 0.5) is 5.69 Å². The number of nitrogens with two attached hydrogens (primary N) is 1. The Morgan fingerprint density at radius 2 is 2.16 bits per heavy atom. The monoisotopic (exact) mass is 293 g/mol. The van der Waals surface area contributed by atoms with Crippen LogP contribution < -0.4 is 5.73 Å². The van der Waals surface area contributed by atoms with E-state index in [1.165, 1.54) is 5.75 Å². The minimum atomic E-state index is 0.317. The summed E-state index contributed by atoms with van der Waals surface area (Å²) in [7, 11) is 0. The van der Waals surface area contributed by atoms with Gasteiger partial charge in [0.05, 0.1) is 5.25 Å². The summed E-state index contributed by atoms with van der Waals surface area (Å²) in [5, 5.41) is 4.97. The Labute approximate surface area is 120 Å². The summed E-state index contributed by atoms with van der Waals surface area (Å²) in [6.45, 7) is 2.22. The highest BCUT2D eigenvalue weighted by molar-refractivity contribution is 8.06. The van der Waals surface area contributed by atoms with Crippen molar-refractivity contribution in [3.8, 4) is 11.5 Å². The van der Waals surface area contributed by atoms with Crippen LogP contribution in [0.1, 0.15) is 18.0 Å². The highest BCUT2D eigenvalue weighted by Crippen LogP contribution is 2.41. The molecule has 1 fully saturated rings. The number of nitrogen functional groups attached to an aromatic ring is 1. The number of rotatable bonds is 2. The van der Waals surface area contributed by atoms with E-state index in [-0.39, 0.29) is 0 Å². The smallest absolute Gasteiger partial charge is 0.258 e.